The Hall–Kier alpha value is -3.00. The molecular weight excluding hydrogens is 387 g/mol. The molecule has 1 saturated heterocycles. The fourth-order valence-electron chi connectivity index (χ4n) is 4.30. The molecule has 1 aliphatic heterocycles. The molecule has 7 nitrogen and oxygen atoms in total. The molecule has 0 amide bonds. The van der Waals surface area contributed by atoms with Gasteiger partial charge in [-0.1, -0.05) is 12.1 Å². The molecule has 0 bridgehead atoms. The summed E-state index contributed by atoms with van der Waals surface area (Å²) in [5.74, 6) is -1.24. The topological polar surface area (TPSA) is 80.4 Å². The smallest absolute Gasteiger partial charge is 0.331 e. The number of carboxylic acid groups (broad SMARTS) is 1. The van der Waals surface area contributed by atoms with Crippen LogP contribution in [0.25, 0.3) is 11.2 Å². The lowest BCUT2D eigenvalue weighted by molar-refractivity contribution is -0.137. The van der Waals surface area contributed by atoms with E-state index in [0.29, 0.717) is 36.2 Å². The molecule has 0 spiro atoms. The number of aryl methyl sites for hydroxylation is 1. The number of halogens is 1. The van der Waals surface area contributed by atoms with Gasteiger partial charge in [-0.2, -0.15) is 0 Å². The van der Waals surface area contributed by atoms with Crippen LogP contribution in [0, 0.1) is 12.7 Å². The molecule has 1 N–H and O–H groups in total. The summed E-state index contributed by atoms with van der Waals surface area (Å²) in [6, 6.07) is 8.63. The van der Waals surface area contributed by atoms with E-state index in [1.165, 1.54) is 4.57 Å². The number of piperidine rings is 1. The summed E-state index contributed by atoms with van der Waals surface area (Å²) < 4.78 is 17.1. The van der Waals surface area contributed by atoms with E-state index in [4.69, 9.17) is 0 Å². The second kappa shape index (κ2) is 8.39. The number of carbonyl (C=O) groups is 1. The molecule has 2 aromatic heterocycles. The Morgan fingerprint density at radius 2 is 2.17 bits per heavy atom. The van der Waals surface area contributed by atoms with E-state index in [-0.39, 0.29) is 17.5 Å². The Morgan fingerprint density at radius 1 is 1.33 bits per heavy atom. The lowest BCUT2D eigenvalue weighted by Crippen LogP contribution is -2.41. The molecular formula is C22H25FN4O3. The van der Waals surface area contributed by atoms with Crippen molar-refractivity contribution in [3.63, 3.8) is 0 Å². The molecule has 0 unspecified atom stereocenters. The van der Waals surface area contributed by atoms with Gasteiger partial charge >= 0.3 is 11.7 Å². The molecule has 8 heteroatoms. The second-order valence-corrected chi connectivity index (χ2v) is 7.92. The van der Waals surface area contributed by atoms with Crippen molar-refractivity contribution in [1.82, 2.24) is 19.0 Å². The molecule has 1 fully saturated rings. The van der Waals surface area contributed by atoms with Crippen molar-refractivity contribution in [2.45, 2.75) is 38.8 Å². The van der Waals surface area contributed by atoms with E-state index in [1.807, 2.05) is 19.1 Å². The first-order valence-electron chi connectivity index (χ1n) is 10.2. The predicted octanol–water partition coefficient (Wildman–Crippen LogP) is 2.61. The van der Waals surface area contributed by atoms with Crippen LogP contribution >= 0.6 is 0 Å². The van der Waals surface area contributed by atoms with Gasteiger partial charge in [0.25, 0.3) is 0 Å². The van der Waals surface area contributed by atoms with Gasteiger partial charge in [-0.05, 0) is 62.1 Å². The van der Waals surface area contributed by atoms with E-state index in [9.17, 15) is 19.1 Å². The molecule has 0 saturated carbocycles. The number of aromatic nitrogens is 3. The fourth-order valence-corrected chi connectivity index (χ4v) is 4.30. The van der Waals surface area contributed by atoms with E-state index >= 15 is 0 Å². The van der Waals surface area contributed by atoms with Crippen molar-refractivity contribution in [3.8, 4) is 0 Å². The molecule has 1 aliphatic rings. The van der Waals surface area contributed by atoms with Gasteiger partial charge in [0.05, 0.1) is 11.6 Å². The summed E-state index contributed by atoms with van der Waals surface area (Å²) in [4.78, 5) is 30.9. The third-order valence-electron chi connectivity index (χ3n) is 5.77. The molecule has 4 rings (SSSR count). The zero-order valence-electron chi connectivity index (χ0n) is 16.9. The molecule has 3 aromatic rings. The molecule has 158 valence electrons. The van der Waals surface area contributed by atoms with Crippen molar-refractivity contribution in [2.24, 2.45) is 0 Å². The molecule has 30 heavy (non-hydrogen) atoms. The number of nitrogens with zero attached hydrogens (tertiary/aromatic N) is 4. The summed E-state index contributed by atoms with van der Waals surface area (Å²) in [6.07, 6.45) is 3.95. The summed E-state index contributed by atoms with van der Waals surface area (Å²) >= 11 is 0. The van der Waals surface area contributed by atoms with Crippen LogP contribution in [0.1, 0.15) is 30.0 Å². The van der Waals surface area contributed by atoms with E-state index in [1.54, 1.807) is 29.0 Å². The van der Waals surface area contributed by atoms with Crippen LogP contribution in [0.2, 0.25) is 0 Å². The third-order valence-corrected chi connectivity index (χ3v) is 5.77. The highest BCUT2D eigenvalue weighted by Gasteiger charge is 2.27. The van der Waals surface area contributed by atoms with Crippen molar-refractivity contribution in [2.75, 3.05) is 19.6 Å². The number of carboxylic acids is 1. The first kappa shape index (κ1) is 20.3. The average Bonchev–Trinajstić information content (AvgIpc) is 2.99. The number of rotatable bonds is 6. The lowest BCUT2D eigenvalue weighted by Gasteiger charge is -2.33. The van der Waals surface area contributed by atoms with E-state index < -0.39 is 12.5 Å². The average molecular weight is 412 g/mol. The van der Waals surface area contributed by atoms with Gasteiger partial charge in [-0.25, -0.2) is 14.2 Å². The number of pyridine rings is 1. The standard InChI is InChI=1S/C22H25FN4O3/c1-15-6-7-16(18(23)12-15)8-11-25-10-3-4-17(13-25)27-21-19(5-2-9-24-21)26(22(27)30)14-20(28)29/h2,5-7,9,12,17H,3-4,8,10-11,13-14H2,1H3,(H,28,29)/t17-/m0/s1. The van der Waals surface area contributed by atoms with Crippen molar-refractivity contribution < 1.29 is 14.3 Å². The highest BCUT2D eigenvalue weighted by atomic mass is 19.1. The van der Waals surface area contributed by atoms with Gasteiger partial charge < -0.3 is 10.0 Å². The van der Waals surface area contributed by atoms with Crippen LogP contribution < -0.4 is 5.69 Å². The Labute approximate surface area is 173 Å². The van der Waals surface area contributed by atoms with Gasteiger partial charge in [0.2, 0.25) is 0 Å². The van der Waals surface area contributed by atoms with Crippen molar-refractivity contribution in [3.05, 3.63) is 64.0 Å². The lowest BCUT2D eigenvalue weighted by atomic mass is 10.0. The maximum atomic E-state index is 14.2. The van der Waals surface area contributed by atoms with Crippen LogP contribution in [-0.2, 0) is 17.8 Å². The summed E-state index contributed by atoms with van der Waals surface area (Å²) in [7, 11) is 0. The minimum absolute atomic E-state index is 0.0958. The van der Waals surface area contributed by atoms with Crippen LogP contribution in [0.4, 0.5) is 4.39 Å². The van der Waals surface area contributed by atoms with E-state index in [2.05, 4.69) is 9.88 Å². The largest absolute Gasteiger partial charge is 0.480 e. The van der Waals surface area contributed by atoms with Crippen molar-refractivity contribution >= 4 is 17.1 Å². The Kier molecular flexibility index (Phi) is 5.67. The Morgan fingerprint density at radius 3 is 2.93 bits per heavy atom. The number of hydrogen-bond donors (Lipinski definition) is 1. The van der Waals surface area contributed by atoms with Crippen molar-refractivity contribution in [1.29, 1.82) is 0 Å². The monoisotopic (exact) mass is 412 g/mol. The maximum absolute atomic E-state index is 14.2. The van der Waals surface area contributed by atoms with Gasteiger partial charge in [0, 0.05) is 19.3 Å². The summed E-state index contributed by atoms with van der Waals surface area (Å²) in [6.45, 7) is 3.72. The van der Waals surface area contributed by atoms with E-state index in [0.717, 1.165) is 24.9 Å². The third kappa shape index (κ3) is 4.00. The molecule has 0 aliphatic carbocycles. The minimum Gasteiger partial charge on any atom is -0.480 e. The molecule has 1 atom stereocenters. The predicted molar refractivity (Wildman–Crippen MR) is 111 cm³/mol. The number of fused-ring (bicyclic) bond motifs is 1. The fraction of sp³-hybridized carbons (Fsp3) is 0.409. The van der Waals surface area contributed by atoms with Gasteiger partial charge in [0.15, 0.2) is 5.65 Å². The van der Waals surface area contributed by atoms with Gasteiger partial charge in [0.1, 0.15) is 12.4 Å². The zero-order chi connectivity index (χ0) is 21.3. The summed E-state index contributed by atoms with van der Waals surface area (Å²) in [5.41, 5.74) is 2.30. The molecule has 1 aromatic carbocycles. The number of imidazole rings is 1. The first-order chi connectivity index (χ1) is 14.4. The highest BCUT2D eigenvalue weighted by Crippen LogP contribution is 2.24. The first-order valence-corrected chi connectivity index (χ1v) is 10.2. The van der Waals surface area contributed by atoms with Crippen LogP contribution in [0.5, 0.6) is 0 Å². The minimum atomic E-state index is -1.06. The SMILES string of the molecule is Cc1ccc(CCN2CCC[C@H](n3c(=O)n(CC(=O)O)c4cccnc43)C2)c(F)c1. The maximum Gasteiger partial charge on any atom is 0.331 e. The number of likely N-dealkylation sites (tertiary alicyclic amines) is 1. The van der Waals surface area contributed by atoms with Gasteiger partial charge in [-0.15, -0.1) is 0 Å². The Balaban J connectivity index is 1.56. The van der Waals surface area contributed by atoms with Crippen LogP contribution in [-0.4, -0.2) is 49.7 Å². The number of hydrogen-bond acceptors (Lipinski definition) is 4. The quantitative estimate of drug-likeness (QED) is 0.673. The number of aliphatic carboxylic acids is 1. The highest BCUT2D eigenvalue weighted by molar-refractivity contribution is 5.75. The summed E-state index contributed by atoms with van der Waals surface area (Å²) in [5, 5.41) is 9.20. The number of benzene rings is 1. The normalized spacial score (nSPS) is 17.5. The van der Waals surface area contributed by atoms with Gasteiger partial charge in [-0.3, -0.25) is 13.9 Å². The zero-order valence-corrected chi connectivity index (χ0v) is 16.9. The Bertz CT molecular complexity index is 1140. The molecule has 0 radical (unpaired) electrons. The molecule has 3 heterocycles. The second-order valence-electron chi connectivity index (χ2n) is 7.92. The van der Waals surface area contributed by atoms with Crippen LogP contribution in [0.15, 0.2) is 41.3 Å². The van der Waals surface area contributed by atoms with Crippen LogP contribution in [0.3, 0.4) is 0 Å².